The largest absolute Gasteiger partial charge is 0.332 e. The van der Waals surface area contributed by atoms with Crippen LogP contribution in [-0.2, 0) is 24.3 Å². The van der Waals surface area contributed by atoms with Crippen LogP contribution in [0.15, 0.2) is 32.8 Å². The highest BCUT2D eigenvalue weighted by atomic mass is 32.2. The van der Waals surface area contributed by atoms with Crippen LogP contribution in [0.1, 0.15) is 32.2 Å². The second-order valence-electron chi connectivity index (χ2n) is 8.83. The van der Waals surface area contributed by atoms with Crippen molar-refractivity contribution in [1.82, 2.24) is 24.1 Å². The Hall–Kier alpha value is -3.05. The number of amides is 1. The molecule has 3 heterocycles. The van der Waals surface area contributed by atoms with E-state index < -0.39 is 16.7 Å². The predicted octanol–water partition coefficient (Wildman–Crippen LogP) is 2.97. The maximum Gasteiger partial charge on any atom is 0.332 e. The molecule has 4 rings (SSSR count). The van der Waals surface area contributed by atoms with Crippen LogP contribution in [-0.4, -0.2) is 35.7 Å². The van der Waals surface area contributed by atoms with Crippen molar-refractivity contribution in [3.8, 4) is 0 Å². The molecule has 0 radical (unpaired) electrons. The van der Waals surface area contributed by atoms with Gasteiger partial charge in [0.05, 0.1) is 16.0 Å². The summed E-state index contributed by atoms with van der Waals surface area (Å²) < 4.78 is 3.36. The lowest BCUT2D eigenvalue weighted by Gasteiger charge is -2.19. The van der Waals surface area contributed by atoms with E-state index in [1.807, 2.05) is 45.9 Å². The van der Waals surface area contributed by atoms with Crippen molar-refractivity contribution >= 4 is 55.4 Å². The molecular formula is C22H24N6O3S2. The van der Waals surface area contributed by atoms with Gasteiger partial charge < -0.3 is 5.32 Å². The van der Waals surface area contributed by atoms with Crippen LogP contribution in [0.4, 0.5) is 5.13 Å². The third kappa shape index (κ3) is 4.42. The summed E-state index contributed by atoms with van der Waals surface area (Å²) in [6, 6.07) is 5.93. The third-order valence-corrected chi connectivity index (χ3v) is 6.98. The van der Waals surface area contributed by atoms with Gasteiger partial charge in [0.25, 0.3) is 5.56 Å². The zero-order valence-corrected chi connectivity index (χ0v) is 20.8. The average Bonchev–Trinajstić information content (AvgIpc) is 3.14. The van der Waals surface area contributed by atoms with Gasteiger partial charge in [-0.05, 0) is 24.6 Å². The second-order valence-corrected chi connectivity index (χ2v) is 10.8. The molecule has 0 spiro atoms. The van der Waals surface area contributed by atoms with Crippen molar-refractivity contribution in [3.05, 3.63) is 50.4 Å². The molecule has 0 aliphatic carbocycles. The van der Waals surface area contributed by atoms with E-state index in [2.05, 4.69) is 20.3 Å². The van der Waals surface area contributed by atoms with Crippen molar-refractivity contribution in [2.75, 3.05) is 11.1 Å². The number of benzene rings is 1. The number of aryl methyl sites for hydroxylation is 2. The van der Waals surface area contributed by atoms with Gasteiger partial charge in [0.15, 0.2) is 10.8 Å². The minimum atomic E-state index is -0.488. The lowest BCUT2D eigenvalue weighted by molar-refractivity contribution is -0.113. The van der Waals surface area contributed by atoms with Gasteiger partial charge in [0.1, 0.15) is 16.2 Å². The number of thioether (sulfide) groups is 1. The summed E-state index contributed by atoms with van der Waals surface area (Å²) in [5.41, 5.74) is 0.842. The first-order chi connectivity index (χ1) is 15.5. The summed E-state index contributed by atoms with van der Waals surface area (Å²) in [5, 5.41) is 3.94. The fourth-order valence-electron chi connectivity index (χ4n) is 3.24. The molecule has 0 aliphatic rings. The van der Waals surface area contributed by atoms with Crippen LogP contribution in [0.2, 0.25) is 0 Å². The van der Waals surface area contributed by atoms with Gasteiger partial charge in [-0.1, -0.05) is 49.9 Å². The summed E-state index contributed by atoms with van der Waals surface area (Å²) >= 11 is 2.55. The molecule has 0 unspecified atom stereocenters. The smallest absolute Gasteiger partial charge is 0.301 e. The molecule has 0 bridgehead atoms. The molecule has 0 atom stereocenters. The number of hydrogen-bond donors (Lipinski definition) is 1. The van der Waals surface area contributed by atoms with E-state index in [-0.39, 0.29) is 22.7 Å². The number of nitrogens with zero attached hydrogens (tertiary/aromatic N) is 5. The molecule has 4 aromatic rings. The normalized spacial score (nSPS) is 11.9. The molecule has 0 aliphatic heterocycles. The highest BCUT2D eigenvalue weighted by molar-refractivity contribution is 8.00. The number of thiazole rings is 1. The Bertz CT molecular complexity index is 1530. The van der Waals surface area contributed by atoms with Gasteiger partial charge in [-0.25, -0.2) is 19.7 Å². The number of fused-ring (bicyclic) bond motifs is 2. The van der Waals surface area contributed by atoms with Crippen molar-refractivity contribution in [2.45, 2.75) is 38.1 Å². The highest BCUT2D eigenvalue weighted by Crippen LogP contribution is 2.29. The fraction of sp³-hybridized carbons (Fsp3) is 0.364. The minimum absolute atomic E-state index is 0.0244. The first-order valence-electron chi connectivity index (χ1n) is 10.2. The molecule has 0 fully saturated rings. The fourth-order valence-corrected chi connectivity index (χ4v) is 5.04. The van der Waals surface area contributed by atoms with E-state index in [0.717, 1.165) is 32.1 Å². The van der Waals surface area contributed by atoms with Crippen molar-refractivity contribution in [3.63, 3.8) is 0 Å². The molecule has 33 heavy (non-hydrogen) atoms. The molecule has 1 N–H and O–H groups in total. The lowest BCUT2D eigenvalue weighted by atomic mass is 9.96. The second kappa shape index (κ2) is 8.38. The number of anilines is 1. The van der Waals surface area contributed by atoms with E-state index in [1.54, 1.807) is 7.05 Å². The molecule has 3 aromatic heterocycles. The molecular weight excluding hydrogens is 460 g/mol. The predicted molar refractivity (Wildman–Crippen MR) is 132 cm³/mol. The zero-order valence-electron chi connectivity index (χ0n) is 19.2. The highest BCUT2D eigenvalue weighted by Gasteiger charge is 2.24. The number of carbonyl (C=O) groups is 1. The van der Waals surface area contributed by atoms with Crippen LogP contribution in [0, 0.1) is 6.92 Å². The van der Waals surface area contributed by atoms with E-state index in [1.165, 1.54) is 23.0 Å². The summed E-state index contributed by atoms with van der Waals surface area (Å²) in [5.74, 6) is 0.251. The quantitative estimate of drug-likeness (QED) is 0.350. The first-order valence-corrected chi connectivity index (χ1v) is 12.0. The molecule has 0 saturated carbocycles. The Morgan fingerprint density at radius 1 is 1.12 bits per heavy atom. The van der Waals surface area contributed by atoms with E-state index in [9.17, 15) is 14.4 Å². The Morgan fingerprint density at radius 2 is 1.85 bits per heavy atom. The van der Waals surface area contributed by atoms with Crippen molar-refractivity contribution < 1.29 is 4.79 Å². The van der Waals surface area contributed by atoms with Crippen LogP contribution in [0.25, 0.3) is 21.3 Å². The molecule has 1 aromatic carbocycles. The van der Waals surface area contributed by atoms with Gasteiger partial charge in [-0.2, -0.15) is 0 Å². The number of aromatic nitrogens is 5. The van der Waals surface area contributed by atoms with Crippen molar-refractivity contribution in [2.24, 2.45) is 14.1 Å². The van der Waals surface area contributed by atoms with Gasteiger partial charge in [-0.15, -0.1) is 0 Å². The molecule has 172 valence electrons. The SMILES string of the molecule is Cc1ccc2nc(NC(=O)CSc3nc(C(C)(C)C)nc4c3c(=O)n(C)c(=O)n4C)sc2c1. The summed E-state index contributed by atoms with van der Waals surface area (Å²) in [6.45, 7) is 7.85. The van der Waals surface area contributed by atoms with Crippen LogP contribution < -0.4 is 16.6 Å². The Balaban J connectivity index is 1.67. The van der Waals surface area contributed by atoms with Gasteiger partial charge in [-0.3, -0.25) is 18.7 Å². The average molecular weight is 485 g/mol. The Kier molecular flexibility index (Phi) is 5.87. The molecule has 11 heteroatoms. The maximum atomic E-state index is 12.9. The monoisotopic (exact) mass is 484 g/mol. The van der Waals surface area contributed by atoms with Crippen LogP contribution in [0.5, 0.6) is 0 Å². The Morgan fingerprint density at radius 3 is 2.55 bits per heavy atom. The molecule has 9 nitrogen and oxygen atoms in total. The first kappa shape index (κ1) is 23.1. The summed E-state index contributed by atoms with van der Waals surface area (Å²) in [7, 11) is 2.98. The topological polar surface area (TPSA) is 112 Å². The maximum absolute atomic E-state index is 12.9. The van der Waals surface area contributed by atoms with Crippen LogP contribution in [0.3, 0.4) is 0 Å². The third-order valence-electron chi connectivity index (χ3n) is 5.07. The van der Waals surface area contributed by atoms with E-state index in [0.29, 0.717) is 16.0 Å². The standard InChI is InChI=1S/C22H24N6O3S2/c1-11-7-8-12-13(9-11)33-20(23-12)24-14(29)10-32-17-15-16(25-19(26-17)22(2,3)4)27(5)21(31)28(6)18(15)30/h7-9H,10H2,1-6H3,(H,23,24,29). The van der Waals surface area contributed by atoms with Gasteiger partial charge >= 0.3 is 5.69 Å². The lowest BCUT2D eigenvalue weighted by Crippen LogP contribution is -2.38. The van der Waals surface area contributed by atoms with Crippen molar-refractivity contribution in [1.29, 1.82) is 0 Å². The number of carbonyl (C=O) groups excluding carboxylic acids is 1. The minimum Gasteiger partial charge on any atom is -0.301 e. The van der Waals surface area contributed by atoms with Gasteiger partial charge in [0, 0.05) is 19.5 Å². The number of hydrogen-bond acceptors (Lipinski definition) is 8. The number of rotatable bonds is 4. The van der Waals surface area contributed by atoms with Crippen LogP contribution >= 0.6 is 23.1 Å². The van der Waals surface area contributed by atoms with E-state index in [4.69, 9.17) is 0 Å². The Labute approximate surface area is 197 Å². The number of nitrogens with one attached hydrogen (secondary N) is 1. The zero-order chi connectivity index (χ0) is 24.1. The molecule has 1 amide bonds. The summed E-state index contributed by atoms with van der Waals surface area (Å²) in [6.07, 6.45) is 0. The van der Waals surface area contributed by atoms with Gasteiger partial charge in [0.2, 0.25) is 5.91 Å². The summed E-state index contributed by atoms with van der Waals surface area (Å²) in [4.78, 5) is 51.6. The van der Waals surface area contributed by atoms with E-state index >= 15 is 0 Å². The molecule has 0 saturated heterocycles.